The number of hydrogen-bond acceptors (Lipinski definition) is 6. The van der Waals surface area contributed by atoms with Crippen molar-refractivity contribution < 1.29 is 4.79 Å². The summed E-state index contributed by atoms with van der Waals surface area (Å²) in [5.41, 5.74) is 6.32. The van der Waals surface area contributed by atoms with E-state index in [9.17, 15) is 4.79 Å². The predicted octanol–water partition coefficient (Wildman–Crippen LogP) is 1.62. The van der Waals surface area contributed by atoms with Gasteiger partial charge in [0.1, 0.15) is 10.6 Å². The highest BCUT2D eigenvalue weighted by Gasteiger charge is 2.23. The molecule has 0 radical (unpaired) electrons. The van der Waals surface area contributed by atoms with Crippen molar-refractivity contribution in [2.45, 2.75) is 33.2 Å². The molecule has 4 N–H and O–H groups in total. The Hall–Kier alpha value is -1.34. The van der Waals surface area contributed by atoms with Crippen LogP contribution < -0.4 is 16.4 Å². The standard InChI is InChI=1S/C14H25N5OS/c1-4-19-6-5-10(8-19)7-16-14-11(12(15)18-21-14)13(20)17-9(2)3/h9-10,16H,4-8H2,1-3H3,(H2,15,18)(H,17,20). The molecule has 118 valence electrons. The zero-order valence-electron chi connectivity index (χ0n) is 13.0. The predicted molar refractivity (Wildman–Crippen MR) is 87.8 cm³/mol. The molecule has 21 heavy (non-hydrogen) atoms. The van der Waals surface area contributed by atoms with E-state index in [4.69, 9.17) is 5.73 Å². The molecule has 1 unspecified atom stereocenters. The quantitative estimate of drug-likeness (QED) is 0.743. The monoisotopic (exact) mass is 311 g/mol. The number of nitrogen functional groups attached to an aromatic ring is 1. The first kappa shape index (κ1) is 16.0. The fourth-order valence-corrected chi connectivity index (χ4v) is 3.30. The van der Waals surface area contributed by atoms with Gasteiger partial charge in [0.25, 0.3) is 5.91 Å². The Kier molecular flexibility index (Phi) is 5.41. The Bertz CT molecular complexity index is 488. The second kappa shape index (κ2) is 7.09. The highest BCUT2D eigenvalue weighted by molar-refractivity contribution is 7.11. The molecule has 1 amide bonds. The Balaban J connectivity index is 1.96. The lowest BCUT2D eigenvalue weighted by molar-refractivity contribution is 0.0945. The third-order valence-electron chi connectivity index (χ3n) is 3.73. The summed E-state index contributed by atoms with van der Waals surface area (Å²) in [6.45, 7) is 10.3. The molecular formula is C14H25N5OS. The molecule has 0 aliphatic carbocycles. The summed E-state index contributed by atoms with van der Waals surface area (Å²) in [6.07, 6.45) is 1.20. The first-order chi connectivity index (χ1) is 10.0. The number of nitrogens with one attached hydrogen (secondary N) is 2. The van der Waals surface area contributed by atoms with Crippen molar-refractivity contribution in [1.82, 2.24) is 14.6 Å². The summed E-state index contributed by atoms with van der Waals surface area (Å²) in [4.78, 5) is 14.6. The van der Waals surface area contributed by atoms with Gasteiger partial charge in [0, 0.05) is 19.1 Å². The van der Waals surface area contributed by atoms with Crippen LogP contribution >= 0.6 is 11.5 Å². The van der Waals surface area contributed by atoms with Crippen molar-refractivity contribution in [3.05, 3.63) is 5.56 Å². The number of nitrogens with two attached hydrogens (primary N) is 1. The first-order valence-corrected chi connectivity index (χ1v) is 8.30. The minimum atomic E-state index is -0.152. The highest BCUT2D eigenvalue weighted by atomic mass is 32.1. The maximum Gasteiger partial charge on any atom is 0.258 e. The highest BCUT2D eigenvalue weighted by Crippen LogP contribution is 2.27. The van der Waals surface area contributed by atoms with Gasteiger partial charge in [0.15, 0.2) is 5.82 Å². The van der Waals surface area contributed by atoms with Gasteiger partial charge >= 0.3 is 0 Å². The van der Waals surface area contributed by atoms with Gasteiger partial charge in [-0.3, -0.25) is 4.79 Å². The second-order valence-corrected chi connectivity index (χ2v) is 6.60. The smallest absolute Gasteiger partial charge is 0.258 e. The summed E-state index contributed by atoms with van der Waals surface area (Å²) >= 11 is 1.26. The van der Waals surface area contributed by atoms with E-state index in [1.54, 1.807) is 0 Å². The molecule has 1 fully saturated rings. The molecule has 6 nitrogen and oxygen atoms in total. The topological polar surface area (TPSA) is 83.3 Å². The molecule has 0 spiro atoms. The van der Waals surface area contributed by atoms with Crippen molar-refractivity contribution >= 4 is 28.3 Å². The summed E-state index contributed by atoms with van der Waals surface area (Å²) in [5, 5.41) is 7.01. The van der Waals surface area contributed by atoms with Crippen LogP contribution in [0.1, 0.15) is 37.6 Å². The van der Waals surface area contributed by atoms with Gasteiger partial charge < -0.3 is 21.3 Å². The van der Waals surface area contributed by atoms with Gasteiger partial charge in [-0.15, -0.1) is 0 Å². The van der Waals surface area contributed by atoms with Crippen LogP contribution in [0.3, 0.4) is 0 Å². The normalized spacial score (nSPS) is 19.1. The summed E-state index contributed by atoms with van der Waals surface area (Å²) < 4.78 is 4.11. The molecule has 0 aromatic carbocycles. The number of nitrogens with zero attached hydrogens (tertiary/aromatic N) is 2. The van der Waals surface area contributed by atoms with E-state index in [0.29, 0.717) is 17.3 Å². The fraction of sp³-hybridized carbons (Fsp3) is 0.714. The third kappa shape index (κ3) is 4.07. The van der Waals surface area contributed by atoms with E-state index >= 15 is 0 Å². The zero-order chi connectivity index (χ0) is 15.4. The molecular weight excluding hydrogens is 286 g/mol. The minimum Gasteiger partial charge on any atom is -0.382 e. The van der Waals surface area contributed by atoms with Crippen LogP contribution in [-0.4, -0.2) is 47.4 Å². The van der Waals surface area contributed by atoms with E-state index in [1.807, 2.05) is 13.8 Å². The molecule has 1 aliphatic rings. The van der Waals surface area contributed by atoms with E-state index in [-0.39, 0.29) is 11.9 Å². The number of likely N-dealkylation sites (tertiary alicyclic amines) is 1. The van der Waals surface area contributed by atoms with Crippen LogP contribution in [-0.2, 0) is 0 Å². The number of hydrogen-bond donors (Lipinski definition) is 3. The second-order valence-electron chi connectivity index (χ2n) is 5.83. The maximum absolute atomic E-state index is 12.2. The molecule has 1 saturated heterocycles. The number of amides is 1. The first-order valence-electron chi connectivity index (χ1n) is 7.53. The largest absolute Gasteiger partial charge is 0.382 e. The molecule has 1 aromatic rings. The number of aromatic nitrogens is 1. The van der Waals surface area contributed by atoms with E-state index in [2.05, 4.69) is 26.8 Å². The molecule has 0 saturated carbocycles. The van der Waals surface area contributed by atoms with Crippen molar-refractivity contribution in [2.75, 3.05) is 37.2 Å². The lowest BCUT2D eigenvalue weighted by Gasteiger charge is -2.14. The average molecular weight is 311 g/mol. The molecule has 7 heteroatoms. The number of rotatable bonds is 6. The van der Waals surface area contributed by atoms with Crippen molar-refractivity contribution in [2.24, 2.45) is 5.92 Å². The molecule has 1 aliphatic heterocycles. The molecule has 1 atom stereocenters. The lowest BCUT2D eigenvalue weighted by Crippen LogP contribution is -2.31. The van der Waals surface area contributed by atoms with Crippen molar-refractivity contribution in [3.8, 4) is 0 Å². The van der Waals surface area contributed by atoms with Crippen molar-refractivity contribution in [3.63, 3.8) is 0 Å². The van der Waals surface area contributed by atoms with Crippen LogP contribution in [0.5, 0.6) is 0 Å². The maximum atomic E-state index is 12.2. The Morgan fingerprint density at radius 1 is 1.57 bits per heavy atom. The van der Waals surface area contributed by atoms with Gasteiger partial charge in [-0.1, -0.05) is 6.92 Å². The summed E-state index contributed by atoms with van der Waals surface area (Å²) in [5.74, 6) is 0.775. The zero-order valence-corrected chi connectivity index (χ0v) is 13.8. The van der Waals surface area contributed by atoms with Crippen LogP contribution in [0.4, 0.5) is 10.8 Å². The number of carbonyl (C=O) groups excluding carboxylic acids is 1. The third-order valence-corrected chi connectivity index (χ3v) is 4.55. The summed E-state index contributed by atoms with van der Waals surface area (Å²) in [6, 6.07) is 0.0811. The fourth-order valence-electron chi connectivity index (χ4n) is 2.58. The molecule has 2 rings (SSSR count). The van der Waals surface area contributed by atoms with Gasteiger partial charge in [-0.25, -0.2) is 0 Å². The Morgan fingerprint density at radius 3 is 2.95 bits per heavy atom. The van der Waals surface area contributed by atoms with Gasteiger partial charge in [0.2, 0.25) is 0 Å². The van der Waals surface area contributed by atoms with E-state index in [0.717, 1.165) is 31.2 Å². The van der Waals surface area contributed by atoms with E-state index < -0.39 is 0 Å². The minimum absolute atomic E-state index is 0.0811. The Morgan fingerprint density at radius 2 is 2.33 bits per heavy atom. The van der Waals surface area contributed by atoms with Crippen LogP contribution in [0, 0.1) is 5.92 Å². The average Bonchev–Trinajstić information content (AvgIpc) is 3.01. The van der Waals surface area contributed by atoms with Gasteiger partial charge in [-0.2, -0.15) is 4.37 Å². The SMILES string of the molecule is CCN1CCC(CNc2snc(N)c2C(=O)NC(C)C)C1. The molecule has 2 heterocycles. The van der Waals surface area contributed by atoms with Gasteiger partial charge in [0.05, 0.1) is 0 Å². The van der Waals surface area contributed by atoms with Crippen LogP contribution in [0.15, 0.2) is 0 Å². The van der Waals surface area contributed by atoms with Gasteiger partial charge in [-0.05, 0) is 50.8 Å². The lowest BCUT2D eigenvalue weighted by atomic mass is 10.1. The summed E-state index contributed by atoms with van der Waals surface area (Å²) in [7, 11) is 0. The van der Waals surface area contributed by atoms with E-state index in [1.165, 1.54) is 18.0 Å². The number of anilines is 2. The van der Waals surface area contributed by atoms with Crippen LogP contribution in [0.2, 0.25) is 0 Å². The van der Waals surface area contributed by atoms with Crippen LogP contribution in [0.25, 0.3) is 0 Å². The Labute approximate surface area is 130 Å². The van der Waals surface area contributed by atoms with Crippen molar-refractivity contribution in [1.29, 1.82) is 0 Å². The number of carbonyl (C=O) groups is 1. The molecule has 0 bridgehead atoms. The molecule has 1 aromatic heterocycles.